The number of hydrogen-bond donors (Lipinski definition) is 2. The van der Waals surface area contributed by atoms with E-state index in [2.05, 4.69) is 22.5 Å². The Kier molecular flexibility index (Phi) is 4.88. The van der Waals surface area contributed by atoms with Crippen molar-refractivity contribution < 1.29 is 23.5 Å². The van der Waals surface area contributed by atoms with Crippen LogP contribution in [0.15, 0.2) is 42.5 Å². The van der Waals surface area contributed by atoms with Crippen LogP contribution in [0.2, 0.25) is 0 Å². The molecule has 1 fully saturated rings. The number of halogens is 1. The molecule has 2 aliphatic rings. The molecule has 30 heavy (non-hydrogen) atoms. The fourth-order valence-corrected chi connectivity index (χ4v) is 3.67. The van der Waals surface area contributed by atoms with E-state index in [0.717, 1.165) is 5.56 Å². The number of amides is 4. The summed E-state index contributed by atoms with van der Waals surface area (Å²) in [6.07, 6.45) is 0. The third-order valence-electron chi connectivity index (χ3n) is 5.15. The lowest BCUT2D eigenvalue weighted by Gasteiger charge is -2.31. The van der Waals surface area contributed by atoms with Crippen molar-refractivity contribution in [2.24, 2.45) is 0 Å². The van der Waals surface area contributed by atoms with E-state index in [-0.39, 0.29) is 25.6 Å². The fraction of sp³-hybridized carbons (Fsp3) is 0.227. The number of rotatable bonds is 5. The second kappa shape index (κ2) is 7.52. The van der Waals surface area contributed by atoms with Crippen molar-refractivity contribution >= 4 is 17.8 Å². The maximum atomic E-state index is 13.4. The van der Waals surface area contributed by atoms with Gasteiger partial charge in [0, 0.05) is 12.1 Å². The average Bonchev–Trinajstić information content (AvgIpc) is 3.19. The molecule has 4 amide bonds. The molecular weight excluding hydrogens is 389 g/mol. The van der Waals surface area contributed by atoms with Gasteiger partial charge in [-0.15, -0.1) is 5.92 Å². The van der Waals surface area contributed by atoms with Crippen LogP contribution in [-0.4, -0.2) is 35.9 Å². The number of carbonyl (C=O) groups excluding carboxylic acids is 3. The van der Waals surface area contributed by atoms with Crippen LogP contribution >= 0.6 is 0 Å². The van der Waals surface area contributed by atoms with Crippen molar-refractivity contribution in [2.45, 2.75) is 19.0 Å². The van der Waals surface area contributed by atoms with Crippen LogP contribution in [0, 0.1) is 17.7 Å². The number of imide groups is 1. The van der Waals surface area contributed by atoms with Crippen LogP contribution in [0.25, 0.3) is 0 Å². The van der Waals surface area contributed by atoms with Crippen molar-refractivity contribution in [1.82, 2.24) is 15.5 Å². The van der Waals surface area contributed by atoms with Gasteiger partial charge in [-0.3, -0.25) is 14.9 Å². The topological polar surface area (TPSA) is 87.7 Å². The smallest absolute Gasteiger partial charge is 0.322 e. The molecular formula is C22H18FN3O4. The van der Waals surface area contributed by atoms with Gasteiger partial charge < -0.3 is 15.0 Å². The quantitative estimate of drug-likeness (QED) is 0.586. The van der Waals surface area contributed by atoms with E-state index in [4.69, 9.17) is 4.74 Å². The van der Waals surface area contributed by atoms with Gasteiger partial charge in [-0.2, -0.15) is 0 Å². The molecule has 0 aromatic heterocycles. The predicted octanol–water partition coefficient (Wildman–Crippen LogP) is 1.92. The van der Waals surface area contributed by atoms with Crippen LogP contribution in [0.3, 0.4) is 0 Å². The summed E-state index contributed by atoms with van der Waals surface area (Å²) in [7, 11) is 0. The number of hydrogen-bond acceptors (Lipinski definition) is 4. The molecule has 2 N–H and O–H groups in total. The monoisotopic (exact) mass is 407 g/mol. The van der Waals surface area contributed by atoms with Gasteiger partial charge in [0.15, 0.2) is 5.54 Å². The SMILES string of the molecule is CC#CCOc1ccc2c(c1)C(=O)N(CC1(c3ccc(F)cc3)NC(=O)NC1=O)C2. The highest BCUT2D eigenvalue weighted by Crippen LogP contribution is 2.32. The number of benzene rings is 2. The standard InChI is InChI=1S/C22H18FN3O4/c1-2-3-10-30-17-9-4-14-12-26(19(27)18(14)11-17)13-22(20(28)24-21(29)25-22)15-5-7-16(23)8-6-15/h4-9,11H,10,12-13H2,1H3,(H2,24,25,28,29). The van der Waals surface area contributed by atoms with Gasteiger partial charge in [0.05, 0.1) is 6.54 Å². The van der Waals surface area contributed by atoms with E-state index in [0.29, 0.717) is 16.9 Å². The van der Waals surface area contributed by atoms with E-state index in [1.54, 1.807) is 25.1 Å². The van der Waals surface area contributed by atoms with E-state index in [9.17, 15) is 18.8 Å². The highest BCUT2D eigenvalue weighted by atomic mass is 19.1. The summed E-state index contributed by atoms with van der Waals surface area (Å²) in [6, 6.07) is 9.79. The lowest BCUT2D eigenvalue weighted by atomic mass is 9.89. The maximum absolute atomic E-state index is 13.4. The summed E-state index contributed by atoms with van der Waals surface area (Å²) in [5, 5.41) is 4.83. The minimum atomic E-state index is -1.50. The van der Waals surface area contributed by atoms with Crippen molar-refractivity contribution in [2.75, 3.05) is 13.2 Å². The maximum Gasteiger partial charge on any atom is 0.322 e. The molecule has 0 aliphatic carbocycles. The largest absolute Gasteiger partial charge is 0.481 e. The van der Waals surface area contributed by atoms with Gasteiger partial charge in [0.25, 0.3) is 11.8 Å². The van der Waals surface area contributed by atoms with Crippen molar-refractivity contribution in [3.8, 4) is 17.6 Å². The normalized spacial score (nSPS) is 19.7. The highest BCUT2D eigenvalue weighted by Gasteiger charge is 2.50. The Balaban J connectivity index is 1.62. The molecule has 0 spiro atoms. The molecule has 8 heteroatoms. The van der Waals surface area contributed by atoms with E-state index in [1.807, 2.05) is 0 Å². The van der Waals surface area contributed by atoms with Gasteiger partial charge in [0.1, 0.15) is 18.2 Å². The van der Waals surface area contributed by atoms with E-state index in [1.165, 1.54) is 29.2 Å². The Hall–Kier alpha value is -3.86. The zero-order chi connectivity index (χ0) is 21.3. The third kappa shape index (κ3) is 3.35. The molecule has 0 bridgehead atoms. The third-order valence-corrected chi connectivity index (χ3v) is 5.15. The first-order valence-electron chi connectivity index (χ1n) is 9.27. The lowest BCUT2D eigenvalue weighted by Crippen LogP contribution is -2.52. The summed E-state index contributed by atoms with van der Waals surface area (Å²) >= 11 is 0. The molecule has 0 radical (unpaired) electrons. The molecule has 152 valence electrons. The fourth-order valence-electron chi connectivity index (χ4n) is 3.67. The van der Waals surface area contributed by atoms with Crippen LogP contribution < -0.4 is 15.4 Å². The molecule has 1 unspecified atom stereocenters. The Morgan fingerprint density at radius 1 is 1.17 bits per heavy atom. The minimum absolute atomic E-state index is 0.0960. The molecule has 1 saturated heterocycles. The zero-order valence-corrected chi connectivity index (χ0v) is 16.1. The molecule has 7 nitrogen and oxygen atoms in total. The van der Waals surface area contributed by atoms with Crippen LogP contribution in [0.1, 0.15) is 28.4 Å². The second-order valence-electron chi connectivity index (χ2n) is 7.02. The summed E-state index contributed by atoms with van der Waals surface area (Å²) in [6.45, 7) is 2.10. The molecule has 1 atom stereocenters. The summed E-state index contributed by atoms with van der Waals surface area (Å²) in [5.41, 5.74) is 0.139. The summed E-state index contributed by atoms with van der Waals surface area (Å²) in [5.74, 6) is 4.70. The van der Waals surface area contributed by atoms with Gasteiger partial charge in [-0.1, -0.05) is 24.1 Å². The van der Waals surface area contributed by atoms with Crippen LogP contribution in [0.5, 0.6) is 5.75 Å². The number of ether oxygens (including phenoxy) is 1. The van der Waals surface area contributed by atoms with Gasteiger partial charge in [-0.05, 0) is 42.3 Å². The number of nitrogens with zero attached hydrogens (tertiary/aromatic N) is 1. The first kappa shape index (κ1) is 19.5. The Labute approximate surface area is 172 Å². The molecule has 4 rings (SSSR count). The average molecular weight is 407 g/mol. The zero-order valence-electron chi connectivity index (χ0n) is 16.1. The Bertz CT molecular complexity index is 1100. The van der Waals surface area contributed by atoms with Crippen molar-refractivity contribution in [1.29, 1.82) is 0 Å². The van der Waals surface area contributed by atoms with E-state index < -0.39 is 23.3 Å². The number of carbonyl (C=O) groups is 3. The van der Waals surface area contributed by atoms with Crippen LogP contribution in [-0.2, 0) is 16.9 Å². The molecule has 2 aromatic rings. The minimum Gasteiger partial charge on any atom is -0.481 e. The van der Waals surface area contributed by atoms with Gasteiger partial charge in [0.2, 0.25) is 0 Å². The second-order valence-corrected chi connectivity index (χ2v) is 7.02. The van der Waals surface area contributed by atoms with E-state index >= 15 is 0 Å². The summed E-state index contributed by atoms with van der Waals surface area (Å²) in [4.78, 5) is 39.1. The van der Waals surface area contributed by atoms with Crippen LogP contribution in [0.4, 0.5) is 9.18 Å². The highest BCUT2D eigenvalue weighted by molar-refractivity contribution is 6.08. The predicted molar refractivity (Wildman–Crippen MR) is 105 cm³/mol. The number of fused-ring (bicyclic) bond motifs is 1. The molecule has 2 aromatic carbocycles. The lowest BCUT2D eigenvalue weighted by molar-refractivity contribution is -0.124. The Morgan fingerprint density at radius 3 is 2.60 bits per heavy atom. The molecule has 0 saturated carbocycles. The Morgan fingerprint density at radius 2 is 1.93 bits per heavy atom. The first-order chi connectivity index (χ1) is 14.4. The van der Waals surface area contributed by atoms with Crippen molar-refractivity contribution in [3.05, 3.63) is 65.0 Å². The molecule has 2 heterocycles. The molecule has 2 aliphatic heterocycles. The number of urea groups is 1. The van der Waals surface area contributed by atoms with Gasteiger partial charge in [-0.25, -0.2) is 9.18 Å². The van der Waals surface area contributed by atoms with Crippen molar-refractivity contribution in [3.63, 3.8) is 0 Å². The summed E-state index contributed by atoms with van der Waals surface area (Å²) < 4.78 is 18.9. The number of nitrogens with one attached hydrogen (secondary N) is 2. The first-order valence-corrected chi connectivity index (χ1v) is 9.27. The van der Waals surface area contributed by atoms with Gasteiger partial charge >= 0.3 is 6.03 Å².